The minimum atomic E-state index is -0.827. The van der Waals surface area contributed by atoms with Crippen LogP contribution in [0, 0.1) is 0 Å². The molecule has 0 aliphatic carbocycles. The zero-order chi connectivity index (χ0) is 25.9. The lowest BCUT2D eigenvalue weighted by atomic mass is 9.91. The monoisotopic (exact) mass is 507 g/mol. The van der Waals surface area contributed by atoms with Crippen molar-refractivity contribution < 1.29 is 33.3 Å². The SMILES string of the molecule is COC(=O)CC(c1cc(OC)c2c(c1)OCCO2)c1oc(CN2CCc3ccccc3C2)cc(=O)c1O. The highest BCUT2D eigenvalue weighted by molar-refractivity contribution is 5.71. The van der Waals surface area contributed by atoms with Gasteiger partial charge in [0.15, 0.2) is 17.3 Å². The van der Waals surface area contributed by atoms with Crippen molar-refractivity contribution in [3.05, 3.63) is 80.9 Å². The molecular formula is C28H29NO8. The second-order valence-electron chi connectivity index (χ2n) is 9.10. The molecule has 1 aromatic heterocycles. The third-order valence-corrected chi connectivity index (χ3v) is 6.76. The summed E-state index contributed by atoms with van der Waals surface area (Å²) >= 11 is 0. The van der Waals surface area contributed by atoms with Crippen LogP contribution in [0.15, 0.2) is 51.7 Å². The minimum absolute atomic E-state index is 0.0101. The molecule has 1 atom stereocenters. The molecule has 3 aromatic rings. The van der Waals surface area contributed by atoms with Crippen LogP contribution in [0.3, 0.4) is 0 Å². The summed E-state index contributed by atoms with van der Waals surface area (Å²) in [7, 11) is 2.78. The number of hydrogen-bond acceptors (Lipinski definition) is 9. The fourth-order valence-corrected chi connectivity index (χ4v) is 4.89. The molecule has 0 radical (unpaired) electrons. The van der Waals surface area contributed by atoms with Crippen LogP contribution in [0.1, 0.15) is 40.5 Å². The highest BCUT2D eigenvalue weighted by Crippen LogP contribution is 2.44. The molecule has 0 fully saturated rings. The number of nitrogens with zero attached hydrogens (tertiary/aromatic N) is 1. The predicted octanol–water partition coefficient (Wildman–Crippen LogP) is 3.38. The van der Waals surface area contributed by atoms with Gasteiger partial charge in [0.1, 0.15) is 19.0 Å². The number of benzene rings is 2. The summed E-state index contributed by atoms with van der Waals surface area (Å²) in [6.07, 6.45) is 0.726. The minimum Gasteiger partial charge on any atom is -0.502 e. The van der Waals surface area contributed by atoms with Gasteiger partial charge in [-0.3, -0.25) is 14.5 Å². The number of hydrogen-bond donors (Lipinski definition) is 1. The number of carbonyl (C=O) groups excluding carboxylic acids is 1. The Morgan fingerprint density at radius 3 is 2.68 bits per heavy atom. The lowest BCUT2D eigenvalue weighted by molar-refractivity contribution is -0.140. The van der Waals surface area contributed by atoms with Crippen LogP contribution in [-0.2, 0) is 29.0 Å². The summed E-state index contributed by atoms with van der Waals surface area (Å²) in [6, 6.07) is 13.0. The third kappa shape index (κ3) is 5.13. The molecule has 0 spiro atoms. The first-order valence-electron chi connectivity index (χ1n) is 12.2. The van der Waals surface area contributed by atoms with Gasteiger partial charge >= 0.3 is 5.97 Å². The van der Waals surface area contributed by atoms with Crippen LogP contribution in [0.4, 0.5) is 0 Å². The molecule has 2 aliphatic heterocycles. The predicted molar refractivity (Wildman–Crippen MR) is 133 cm³/mol. The zero-order valence-corrected chi connectivity index (χ0v) is 20.8. The second kappa shape index (κ2) is 10.6. The number of carbonyl (C=O) groups is 1. The fraction of sp³-hybridized carbons (Fsp3) is 0.357. The average Bonchev–Trinajstić information content (AvgIpc) is 2.92. The van der Waals surface area contributed by atoms with Gasteiger partial charge in [0, 0.05) is 19.2 Å². The number of esters is 1. The number of fused-ring (bicyclic) bond motifs is 2. The summed E-state index contributed by atoms with van der Waals surface area (Å²) in [4.78, 5) is 27.4. The Hall–Kier alpha value is -3.98. The summed E-state index contributed by atoms with van der Waals surface area (Å²) in [5.41, 5.74) is 2.53. The Morgan fingerprint density at radius 1 is 1.11 bits per heavy atom. The summed E-state index contributed by atoms with van der Waals surface area (Å²) < 4.78 is 28.0. The van der Waals surface area contributed by atoms with Gasteiger partial charge in [-0.05, 0) is 35.2 Å². The zero-order valence-electron chi connectivity index (χ0n) is 20.8. The Morgan fingerprint density at radius 2 is 1.89 bits per heavy atom. The molecule has 0 amide bonds. The Kier molecular flexibility index (Phi) is 7.05. The maximum atomic E-state index is 12.8. The van der Waals surface area contributed by atoms with Crippen LogP contribution in [0.25, 0.3) is 0 Å². The van der Waals surface area contributed by atoms with Gasteiger partial charge in [-0.15, -0.1) is 0 Å². The standard InChI is InChI=1S/C28H29NO8/c1-33-23-11-19(12-24-28(23)36-10-9-35-24)21(14-25(31)34-2)27-26(32)22(30)13-20(37-27)16-29-8-7-17-5-3-4-6-18(17)15-29/h3-6,11-13,21,32H,7-10,14-16H2,1-2H3. The number of aromatic hydroxyl groups is 1. The maximum Gasteiger partial charge on any atom is 0.306 e. The van der Waals surface area contributed by atoms with Crippen LogP contribution in [0.5, 0.6) is 23.0 Å². The molecular weight excluding hydrogens is 478 g/mol. The van der Waals surface area contributed by atoms with E-state index < -0.39 is 23.1 Å². The molecule has 0 bridgehead atoms. The molecule has 1 unspecified atom stereocenters. The van der Waals surface area contributed by atoms with Crippen LogP contribution >= 0.6 is 0 Å². The van der Waals surface area contributed by atoms with Crippen molar-refractivity contribution in [3.8, 4) is 23.0 Å². The van der Waals surface area contributed by atoms with Crippen LogP contribution < -0.4 is 19.6 Å². The molecule has 1 N–H and O–H groups in total. The average molecular weight is 508 g/mol. The molecule has 3 heterocycles. The van der Waals surface area contributed by atoms with Gasteiger partial charge in [-0.1, -0.05) is 24.3 Å². The van der Waals surface area contributed by atoms with E-state index in [9.17, 15) is 14.7 Å². The van der Waals surface area contributed by atoms with Gasteiger partial charge in [-0.2, -0.15) is 0 Å². The van der Waals surface area contributed by atoms with E-state index in [-0.39, 0.29) is 12.2 Å². The van der Waals surface area contributed by atoms with E-state index in [4.69, 9.17) is 23.4 Å². The van der Waals surface area contributed by atoms with Crippen molar-refractivity contribution in [2.24, 2.45) is 0 Å². The second-order valence-corrected chi connectivity index (χ2v) is 9.10. The van der Waals surface area contributed by atoms with Crippen molar-refractivity contribution in [3.63, 3.8) is 0 Å². The lowest BCUT2D eigenvalue weighted by Crippen LogP contribution is -2.30. The molecule has 0 saturated carbocycles. The van der Waals surface area contributed by atoms with Crippen LogP contribution in [0.2, 0.25) is 0 Å². The van der Waals surface area contributed by atoms with E-state index >= 15 is 0 Å². The van der Waals surface area contributed by atoms with Gasteiger partial charge in [0.05, 0.1) is 33.1 Å². The fourth-order valence-electron chi connectivity index (χ4n) is 4.89. The van der Waals surface area contributed by atoms with E-state index in [2.05, 4.69) is 17.0 Å². The van der Waals surface area contributed by atoms with E-state index in [0.29, 0.717) is 48.3 Å². The largest absolute Gasteiger partial charge is 0.502 e. The van der Waals surface area contributed by atoms with Gasteiger partial charge in [0.25, 0.3) is 0 Å². The molecule has 37 heavy (non-hydrogen) atoms. The van der Waals surface area contributed by atoms with Gasteiger partial charge in [-0.25, -0.2) is 0 Å². The highest BCUT2D eigenvalue weighted by atomic mass is 16.6. The Balaban J connectivity index is 1.52. The summed E-state index contributed by atoms with van der Waals surface area (Å²) in [5, 5.41) is 10.8. The number of ether oxygens (including phenoxy) is 4. The van der Waals surface area contributed by atoms with Crippen molar-refractivity contribution >= 4 is 5.97 Å². The molecule has 2 aromatic carbocycles. The smallest absolute Gasteiger partial charge is 0.306 e. The van der Waals surface area contributed by atoms with E-state index in [0.717, 1.165) is 19.5 Å². The first-order valence-corrected chi connectivity index (χ1v) is 12.2. The first-order chi connectivity index (χ1) is 18.0. The highest BCUT2D eigenvalue weighted by Gasteiger charge is 2.30. The molecule has 194 valence electrons. The molecule has 9 nitrogen and oxygen atoms in total. The Labute approximate surface area is 214 Å². The molecule has 2 aliphatic rings. The third-order valence-electron chi connectivity index (χ3n) is 6.76. The number of methoxy groups -OCH3 is 2. The van der Waals surface area contributed by atoms with Gasteiger partial charge < -0.3 is 28.5 Å². The van der Waals surface area contributed by atoms with Crippen molar-refractivity contribution in [1.82, 2.24) is 4.90 Å². The molecule has 0 saturated heterocycles. The topological polar surface area (TPSA) is 108 Å². The van der Waals surface area contributed by atoms with Gasteiger partial charge in [0.2, 0.25) is 16.9 Å². The molecule has 5 rings (SSSR count). The quantitative estimate of drug-likeness (QED) is 0.482. The normalized spacial score (nSPS) is 15.5. The van der Waals surface area contributed by atoms with Crippen molar-refractivity contribution in [2.45, 2.75) is 31.8 Å². The van der Waals surface area contributed by atoms with Crippen molar-refractivity contribution in [1.29, 1.82) is 0 Å². The lowest BCUT2D eigenvalue weighted by Gasteiger charge is -2.28. The van der Waals surface area contributed by atoms with E-state index in [1.165, 1.54) is 31.4 Å². The maximum absolute atomic E-state index is 12.8. The number of rotatable bonds is 7. The molecule has 9 heteroatoms. The van der Waals surface area contributed by atoms with E-state index in [1.807, 2.05) is 12.1 Å². The summed E-state index contributed by atoms with van der Waals surface area (Å²) in [6.45, 7) is 2.65. The van der Waals surface area contributed by atoms with Crippen LogP contribution in [-0.4, -0.2) is 50.0 Å². The van der Waals surface area contributed by atoms with E-state index in [1.54, 1.807) is 12.1 Å². The van der Waals surface area contributed by atoms with Crippen molar-refractivity contribution in [2.75, 3.05) is 34.0 Å². The Bertz CT molecular complexity index is 1350. The first kappa shape index (κ1) is 24.7. The summed E-state index contributed by atoms with van der Waals surface area (Å²) in [5.74, 6) is -0.200.